The predicted molar refractivity (Wildman–Crippen MR) is 81.6 cm³/mol. The molecule has 1 N–H and O–H groups in total. The van der Waals surface area contributed by atoms with E-state index in [4.69, 9.17) is 5.21 Å². The van der Waals surface area contributed by atoms with Crippen LogP contribution in [-0.2, 0) is 0 Å². The molecule has 0 saturated heterocycles. The molecule has 5 heteroatoms. The van der Waals surface area contributed by atoms with Crippen LogP contribution in [0.1, 0.15) is 46.1 Å². The summed E-state index contributed by atoms with van der Waals surface area (Å²) < 4.78 is 0. The van der Waals surface area contributed by atoms with Gasteiger partial charge in [0.1, 0.15) is 0 Å². The fourth-order valence-corrected chi connectivity index (χ4v) is 2.07. The van der Waals surface area contributed by atoms with Crippen LogP contribution in [0.5, 0.6) is 0 Å². The topological polar surface area (TPSA) is 45.0 Å². The standard InChI is InChI=1S/C14H17N2O.C2H6.Pr.Yb/c1-10-7-8-12(9-10)15-14-6-4-3-5-13(14)11(2)16-17;1-2;;/h3-7,10,17H,8-9H2,1-2H3;1-2H3;;/q-1;;;. The summed E-state index contributed by atoms with van der Waals surface area (Å²) >= 11 is 0. The van der Waals surface area contributed by atoms with Gasteiger partial charge in [-0.3, -0.25) is 4.99 Å². The summed E-state index contributed by atoms with van der Waals surface area (Å²) in [6.45, 7) is 7.98. The van der Waals surface area contributed by atoms with E-state index < -0.39 is 0 Å². The maximum absolute atomic E-state index is 8.85. The van der Waals surface area contributed by atoms with Gasteiger partial charge in [-0.25, -0.2) is 0 Å². The van der Waals surface area contributed by atoms with Crippen molar-refractivity contribution in [3.63, 3.8) is 0 Å². The van der Waals surface area contributed by atoms with E-state index in [-0.39, 0.29) is 88.2 Å². The first kappa shape index (κ1) is 24.5. The van der Waals surface area contributed by atoms with Crippen molar-refractivity contribution in [3.8, 4) is 0 Å². The van der Waals surface area contributed by atoms with Crippen molar-refractivity contribution in [2.45, 2.75) is 40.5 Å². The summed E-state index contributed by atoms with van der Waals surface area (Å²) in [6.07, 6.45) is 4.28. The number of hydrogen-bond donors (Lipinski definition) is 1. The monoisotopic (exact) mass is 574 g/mol. The number of oxime groups is 1. The molecular formula is C16H23N2OPrYb-. The first-order valence-corrected chi connectivity index (χ1v) is 6.88. The largest absolute Gasteiger partial charge is 0.411 e. The zero-order valence-corrected chi connectivity index (χ0v) is 18.5. The zero-order chi connectivity index (χ0) is 14.3. The summed E-state index contributed by atoms with van der Waals surface area (Å²) in [5, 5.41) is 12.1. The molecule has 1 aromatic rings. The number of para-hydroxylation sites is 1. The fourth-order valence-electron chi connectivity index (χ4n) is 2.07. The minimum atomic E-state index is 0. The molecule has 1 atom stereocenters. The van der Waals surface area contributed by atoms with Crippen LogP contribution in [0.4, 0.5) is 5.69 Å². The van der Waals surface area contributed by atoms with Crippen molar-refractivity contribution in [2.75, 3.05) is 0 Å². The van der Waals surface area contributed by atoms with Crippen molar-refractivity contribution in [1.82, 2.24) is 0 Å². The van der Waals surface area contributed by atoms with Crippen LogP contribution >= 0.6 is 0 Å². The van der Waals surface area contributed by atoms with E-state index in [0.717, 1.165) is 24.1 Å². The fraction of sp³-hybridized carbons (Fsp3) is 0.438. The summed E-state index contributed by atoms with van der Waals surface area (Å²) in [5.74, 6) is 0.619. The van der Waals surface area contributed by atoms with Crippen LogP contribution in [0, 0.1) is 101 Å². The van der Waals surface area contributed by atoms with Crippen LogP contribution < -0.4 is 0 Å². The molecule has 21 heavy (non-hydrogen) atoms. The molecule has 0 aromatic heterocycles. The van der Waals surface area contributed by atoms with E-state index in [0.29, 0.717) is 11.6 Å². The van der Waals surface area contributed by atoms with Gasteiger partial charge in [0.05, 0.1) is 11.4 Å². The van der Waals surface area contributed by atoms with Crippen molar-refractivity contribution in [3.05, 3.63) is 36.2 Å². The van der Waals surface area contributed by atoms with Crippen molar-refractivity contribution >= 4 is 17.1 Å². The Morgan fingerprint density at radius 3 is 2.43 bits per heavy atom. The van der Waals surface area contributed by atoms with Crippen LogP contribution in [0.3, 0.4) is 0 Å². The Kier molecular flexibility index (Phi) is 15.9. The van der Waals surface area contributed by atoms with Crippen LogP contribution in [-0.4, -0.2) is 16.6 Å². The van der Waals surface area contributed by atoms with E-state index >= 15 is 0 Å². The summed E-state index contributed by atoms with van der Waals surface area (Å²) in [4.78, 5) is 4.67. The van der Waals surface area contributed by atoms with Crippen molar-refractivity contribution < 1.29 is 93.4 Å². The number of nitrogens with zero attached hydrogens (tertiary/aromatic N) is 2. The van der Waals surface area contributed by atoms with Gasteiger partial charge in [-0.1, -0.05) is 44.1 Å². The normalized spacial score (nSPS) is 19.1. The Bertz CT molecular complexity index is 475. The third kappa shape index (κ3) is 8.06. The Labute approximate surface area is 200 Å². The van der Waals surface area contributed by atoms with E-state index in [1.807, 2.05) is 38.1 Å². The smallest absolute Gasteiger partial charge is 0.0858 e. The number of rotatable bonds is 2. The number of hydrogen-bond acceptors (Lipinski definition) is 3. The molecule has 1 unspecified atom stereocenters. The maximum Gasteiger partial charge on any atom is 0.0858 e. The molecule has 1 fully saturated rings. The molecule has 1 aliphatic carbocycles. The van der Waals surface area contributed by atoms with E-state index in [2.05, 4.69) is 23.5 Å². The van der Waals surface area contributed by atoms with Gasteiger partial charge in [0, 0.05) is 93.8 Å². The summed E-state index contributed by atoms with van der Waals surface area (Å²) in [7, 11) is 0. The Hall–Kier alpha value is 1.24. The summed E-state index contributed by atoms with van der Waals surface area (Å²) in [6, 6.07) is 7.77. The van der Waals surface area contributed by atoms with E-state index in [1.165, 1.54) is 5.71 Å². The average molecular weight is 573 g/mol. The maximum atomic E-state index is 8.85. The molecule has 0 aliphatic heterocycles. The second-order valence-electron chi connectivity index (χ2n) is 4.50. The van der Waals surface area contributed by atoms with Crippen LogP contribution in [0.15, 0.2) is 34.4 Å². The molecule has 0 heterocycles. The molecule has 0 bridgehead atoms. The predicted octanol–water partition coefficient (Wildman–Crippen LogP) is 4.62. The molecule has 3 nitrogen and oxygen atoms in total. The molecule has 1 saturated carbocycles. The molecule has 1 aromatic carbocycles. The summed E-state index contributed by atoms with van der Waals surface area (Å²) in [5.41, 5.74) is 3.58. The first-order valence-electron chi connectivity index (χ1n) is 6.88. The van der Waals surface area contributed by atoms with Gasteiger partial charge in [0.15, 0.2) is 0 Å². The number of aliphatic imine (C=N–C) groups is 1. The van der Waals surface area contributed by atoms with Gasteiger partial charge in [-0.05, 0) is 25.1 Å². The van der Waals surface area contributed by atoms with E-state index in [1.54, 1.807) is 6.92 Å². The van der Waals surface area contributed by atoms with Crippen LogP contribution in [0.25, 0.3) is 0 Å². The van der Waals surface area contributed by atoms with Gasteiger partial charge in [0.2, 0.25) is 0 Å². The quantitative estimate of drug-likeness (QED) is 0.239. The van der Waals surface area contributed by atoms with Gasteiger partial charge in [-0.2, -0.15) is 5.92 Å². The molecular weight excluding hydrogens is 550 g/mol. The van der Waals surface area contributed by atoms with Gasteiger partial charge in [0.25, 0.3) is 0 Å². The Morgan fingerprint density at radius 1 is 1.29 bits per heavy atom. The third-order valence-electron chi connectivity index (χ3n) is 3.04. The third-order valence-corrected chi connectivity index (χ3v) is 3.04. The molecule has 1 aliphatic rings. The van der Waals surface area contributed by atoms with Crippen LogP contribution in [0.2, 0.25) is 0 Å². The van der Waals surface area contributed by atoms with Gasteiger partial charge >= 0.3 is 0 Å². The zero-order valence-electron chi connectivity index (χ0n) is 13.1. The minimum absolute atomic E-state index is 0. The van der Waals surface area contributed by atoms with Gasteiger partial charge in [-0.15, -0.1) is 6.42 Å². The average Bonchev–Trinajstić information content (AvgIpc) is 2.86. The molecule has 1 radical (unpaired) electrons. The first-order chi connectivity index (χ1) is 9.20. The number of benzene rings is 1. The van der Waals surface area contributed by atoms with Crippen molar-refractivity contribution in [1.29, 1.82) is 0 Å². The van der Waals surface area contributed by atoms with Crippen molar-refractivity contribution in [2.24, 2.45) is 16.1 Å². The molecule has 2 rings (SSSR count). The minimum Gasteiger partial charge on any atom is -0.411 e. The molecule has 0 spiro atoms. The van der Waals surface area contributed by atoms with E-state index in [9.17, 15) is 0 Å². The second kappa shape index (κ2) is 13.7. The molecule has 121 valence electrons. The second-order valence-corrected chi connectivity index (χ2v) is 4.50. The Balaban J connectivity index is 0. The SMILES string of the molecule is CC.CC(=NO)c1ccccc1N=C1C[CH-]C(C)C1.[Pr].[Yb]. The molecule has 0 amide bonds. The van der Waals surface area contributed by atoms with Gasteiger partial charge < -0.3 is 11.6 Å². The Morgan fingerprint density at radius 2 is 1.90 bits per heavy atom.